The van der Waals surface area contributed by atoms with Gasteiger partial charge in [0.1, 0.15) is 5.69 Å². The number of nitrogens with zero attached hydrogens (tertiary/aromatic N) is 3. The van der Waals surface area contributed by atoms with E-state index in [4.69, 9.17) is 4.74 Å². The summed E-state index contributed by atoms with van der Waals surface area (Å²) in [7, 11) is 0. The van der Waals surface area contributed by atoms with Crippen LogP contribution in [0.3, 0.4) is 0 Å². The summed E-state index contributed by atoms with van der Waals surface area (Å²) < 4.78 is 5.73. The minimum absolute atomic E-state index is 0.0759. The highest BCUT2D eigenvalue weighted by Crippen LogP contribution is 2.25. The van der Waals surface area contributed by atoms with Crippen molar-refractivity contribution in [2.45, 2.75) is 39.8 Å². The lowest BCUT2D eigenvalue weighted by molar-refractivity contribution is 0.242. The van der Waals surface area contributed by atoms with E-state index in [0.717, 1.165) is 5.69 Å². The molecule has 1 N–H and O–H groups in total. The van der Waals surface area contributed by atoms with Crippen molar-refractivity contribution in [3.05, 3.63) is 30.6 Å². The molecule has 0 saturated carbocycles. The van der Waals surface area contributed by atoms with Gasteiger partial charge in [-0.25, -0.2) is 9.97 Å². The molecule has 2 heterocycles. The van der Waals surface area contributed by atoms with Crippen LogP contribution in [0.1, 0.15) is 27.7 Å². The van der Waals surface area contributed by atoms with Gasteiger partial charge in [-0.1, -0.05) is 6.07 Å². The molecule has 0 aliphatic carbocycles. The third-order valence-corrected chi connectivity index (χ3v) is 2.44. The first-order chi connectivity index (χ1) is 9.56. The van der Waals surface area contributed by atoms with Crippen LogP contribution in [0.4, 0.5) is 5.82 Å². The van der Waals surface area contributed by atoms with Crippen LogP contribution in [0.15, 0.2) is 30.6 Å². The summed E-state index contributed by atoms with van der Waals surface area (Å²) in [6.07, 6.45) is 3.50. The summed E-state index contributed by atoms with van der Waals surface area (Å²) >= 11 is 0. The molecule has 0 aliphatic heterocycles. The molecule has 5 nitrogen and oxygen atoms in total. The predicted octanol–water partition coefficient (Wildman–Crippen LogP) is 3.15. The molecule has 0 unspecified atom stereocenters. The van der Waals surface area contributed by atoms with Gasteiger partial charge in [-0.3, -0.25) is 4.98 Å². The van der Waals surface area contributed by atoms with Crippen molar-refractivity contribution in [1.29, 1.82) is 0 Å². The fraction of sp³-hybridized carbons (Fsp3) is 0.400. The Morgan fingerprint density at radius 2 is 1.90 bits per heavy atom. The highest BCUT2D eigenvalue weighted by molar-refractivity contribution is 5.57. The SMILES string of the molecule is CC(C)Nc1nc(-c2ccccn2)ncc1OC(C)C. The lowest BCUT2D eigenvalue weighted by atomic mass is 10.3. The minimum atomic E-state index is 0.0759. The van der Waals surface area contributed by atoms with E-state index >= 15 is 0 Å². The highest BCUT2D eigenvalue weighted by atomic mass is 16.5. The van der Waals surface area contributed by atoms with Crippen LogP contribution in [-0.4, -0.2) is 27.1 Å². The van der Waals surface area contributed by atoms with E-state index in [1.807, 2.05) is 32.0 Å². The van der Waals surface area contributed by atoms with E-state index in [-0.39, 0.29) is 12.1 Å². The molecule has 0 aliphatic rings. The number of aromatic nitrogens is 3. The van der Waals surface area contributed by atoms with E-state index < -0.39 is 0 Å². The molecule has 106 valence electrons. The maximum absolute atomic E-state index is 5.73. The zero-order valence-corrected chi connectivity index (χ0v) is 12.3. The summed E-state index contributed by atoms with van der Waals surface area (Å²) in [4.78, 5) is 13.1. The quantitative estimate of drug-likeness (QED) is 0.906. The number of rotatable bonds is 5. The summed E-state index contributed by atoms with van der Waals surface area (Å²) in [5.74, 6) is 1.95. The van der Waals surface area contributed by atoms with Crippen LogP contribution in [0, 0.1) is 0 Å². The summed E-state index contributed by atoms with van der Waals surface area (Å²) in [6.45, 7) is 8.07. The predicted molar refractivity (Wildman–Crippen MR) is 79.8 cm³/mol. The van der Waals surface area contributed by atoms with Crippen LogP contribution in [0.5, 0.6) is 5.75 Å². The van der Waals surface area contributed by atoms with Gasteiger partial charge in [0.2, 0.25) is 0 Å². The summed E-state index contributed by atoms with van der Waals surface area (Å²) in [6, 6.07) is 5.93. The maximum atomic E-state index is 5.73. The fourth-order valence-electron chi connectivity index (χ4n) is 1.71. The number of hydrogen-bond acceptors (Lipinski definition) is 5. The molecule has 2 aromatic rings. The molecule has 2 aromatic heterocycles. The molecule has 0 saturated heterocycles. The Morgan fingerprint density at radius 1 is 1.10 bits per heavy atom. The average Bonchev–Trinajstić information content (AvgIpc) is 2.40. The largest absolute Gasteiger partial charge is 0.486 e. The van der Waals surface area contributed by atoms with Gasteiger partial charge in [0.05, 0.1) is 12.3 Å². The van der Waals surface area contributed by atoms with Gasteiger partial charge in [0.15, 0.2) is 17.4 Å². The zero-order valence-electron chi connectivity index (χ0n) is 12.3. The number of nitrogens with one attached hydrogen (secondary N) is 1. The molecule has 0 amide bonds. The van der Waals surface area contributed by atoms with Crippen LogP contribution < -0.4 is 10.1 Å². The van der Waals surface area contributed by atoms with Crippen molar-refractivity contribution in [1.82, 2.24) is 15.0 Å². The van der Waals surface area contributed by atoms with Gasteiger partial charge in [-0.15, -0.1) is 0 Å². The molecule has 0 radical (unpaired) electrons. The van der Waals surface area contributed by atoms with Gasteiger partial charge in [0, 0.05) is 12.2 Å². The molecule has 20 heavy (non-hydrogen) atoms. The molecule has 0 bridgehead atoms. The first kappa shape index (κ1) is 14.2. The maximum Gasteiger partial charge on any atom is 0.180 e. The second kappa shape index (κ2) is 6.32. The Kier molecular flexibility index (Phi) is 4.50. The fourth-order valence-corrected chi connectivity index (χ4v) is 1.71. The molecular formula is C15H20N4O. The number of pyridine rings is 1. The minimum Gasteiger partial charge on any atom is -0.486 e. The zero-order chi connectivity index (χ0) is 14.5. The van der Waals surface area contributed by atoms with Crippen LogP contribution in [0.2, 0.25) is 0 Å². The monoisotopic (exact) mass is 272 g/mol. The van der Waals surface area contributed by atoms with Crippen molar-refractivity contribution >= 4 is 5.82 Å². The number of ether oxygens (including phenoxy) is 1. The lowest BCUT2D eigenvalue weighted by Gasteiger charge is -2.16. The summed E-state index contributed by atoms with van der Waals surface area (Å²) in [5, 5.41) is 3.28. The van der Waals surface area contributed by atoms with Crippen LogP contribution >= 0.6 is 0 Å². The molecule has 0 fully saturated rings. The third-order valence-electron chi connectivity index (χ3n) is 2.44. The van der Waals surface area contributed by atoms with Crippen molar-refractivity contribution in [3.8, 4) is 17.3 Å². The molecule has 2 rings (SSSR count). The first-order valence-electron chi connectivity index (χ1n) is 6.78. The first-order valence-corrected chi connectivity index (χ1v) is 6.78. The number of anilines is 1. The van der Waals surface area contributed by atoms with E-state index in [9.17, 15) is 0 Å². The van der Waals surface area contributed by atoms with Gasteiger partial charge in [0.25, 0.3) is 0 Å². The Morgan fingerprint density at radius 3 is 2.50 bits per heavy atom. The Labute approximate surface area is 119 Å². The van der Waals surface area contributed by atoms with Gasteiger partial charge in [-0.05, 0) is 39.8 Å². The topological polar surface area (TPSA) is 59.9 Å². The van der Waals surface area contributed by atoms with Crippen molar-refractivity contribution in [2.24, 2.45) is 0 Å². The van der Waals surface area contributed by atoms with E-state index in [0.29, 0.717) is 17.4 Å². The van der Waals surface area contributed by atoms with Gasteiger partial charge < -0.3 is 10.1 Å². The van der Waals surface area contributed by atoms with Crippen molar-refractivity contribution < 1.29 is 4.74 Å². The van der Waals surface area contributed by atoms with Crippen LogP contribution in [-0.2, 0) is 0 Å². The van der Waals surface area contributed by atoms with E-state index in [2.05, 4.69) is 34.1 Å². The molecule has 5 heteroatoms. The van der Waals surface area contributed by atoms with Crippen molar-refractivity contribution in [3.63, 3.8) is 0 Å². The normalized spacial score (nSPS) is 10.9. The van der Waals surface area contributed by atoms with Crippen molar-refractivity contribution in [2.75, 3.05) is 5.32 Å². The Hall–Kier alpha value is -2.17. The Bertz CT molecular complexity index is 555. The van der Waals surface area contributed by atoms with Gasteiger partial charge in [-0.2, -0.15) is 0 Å². The Balaban J connectivity index is 2.37. The number of hydrogen-bond donors (Lipinski definition) is 1. The molecule has 0 spiro atoms. The second-order valence-electron chi connectivity index (χ2n) is 5.09. The van der Waals surface area contributed by atoms with Crippen LogP contribution in [0.25, 0.3) is 11.5 Å². The molecule has 0 atom stereocenters. The molecular weight excluding hydrogens is 252 g/mol. The summed E-state index contributed by atoms with van der Waals surface area (Å²) in [5.41, 5.74) is 0.746. The average molecular weight is 272 g/mol. The molecule has 0 aromatic carbocycles. The highest BCUT2D eigenvalue weighted by Gasteiger charge is 2.12. The standard InChI is InChI=1S/C15H20N4O/c1-10(2)18-15-13(20-11(3)4)9-17-14(19-15)12-7-5-6-8-16-12/h5-11H,1-4H3,(H,17,18,19). The third kappa shape index (κ3) is 3.66. The van der Waals surface area contributed by atoms with E-state index in [1.165, 1.54) is 0 Å². The lowest BCUT2D eigenvalue weighted by Crippen LogP contribution is -2.15. The van der Waals surface area contributed by atoms with E-state index in [1.54, 1.807) is 12.4 Å². The van der Waals surface area contributed by atoms with Gasteiger partial charge >= 0.3 is 0 Å². The second-order valence-corrected chi connectivity index (χ2v) is 5.09. The smallest absolute Gasteiger partial charge is 0.180 e.